The molecular weight excluding hydrogens is 212 g/mol. The molecule has 15 heavy (non-hydrogen) atoms. The van der Waals surface area contributed by atoms with Gasteiger partial charge in [0, 0.05) is 17.1 Å². The summed E-state index contributed by atoms with van der Waals surface area (Å²) in [6, 6.07) is 5.35. The largest absolute Gasteiger partial charge is 0.496 e. The first kappa shape index (κ1) is 11.9. The molecule has 0 bridgehead atoms. The molecule has 0 spiro atoms. The molecule has 0 N–H and O–H groups in total. The molecule has 1 aromatic carbocycles. The summed E-state index contributed by atoms with van der Waals surface area (Å²) in [6.45, 7) is 1.93. The van der Waals surface area contributed by atoms with E-state index < -0.39 is 10.8 Å². The van der Waals surface area contributed by atoms with E-state index in [2.05, 4.69) is 0 Å². The van der Waals surface area contributed by atoms with Gasteiger partial charge in [-0.1, -0.05) is 6.07 Å². The third-order valence-electron chi connectivity index (χ3n) is 1.99. The van der Waals surface area contributed by atoms with Gasteiger partial charge in [0.15, 0.2) is 5.78 Å². The van der Waals surface area contributed by atoms with E-state index in [0.29, 0.717) is 11.3 Å². The second-order valence-corrected chi connectivity index (χ2v) is 4.78. The van der Waals surface area contributed by atoms with Gasteiger partial charge in [-0.15, -0.1) is 0 Å². The first-order valence-electron chi connectivity index (χ1n) is 4.52. The standard InChI is InChI=1S/C11H14O3S/c1-8-4-5-9(11(6-8)14-2)10(12)7-15(3)13/h4-6H,7H2,1-3H3. The molecule has 0 aliphatic carbocycles. The molecule has 1 unspecified atom stereocenters. The molecule has 1 aromatic rings. The van der Waals surface area contributed by atoms with Crippen molar-refractivity contribution in [2.45, 2.75) is 6.92 Å². The molecule has 0 saturated heterocycles. The molecule has 82 valence electrons. The maximum Gasteiger partial charge on any atom is 0.179 e. The summed E-state index contributed by atoms with van der Waals surface area (Å²) < 4.78 is 16.1. The Morgan fingerprint density at radius 3 is 2.67 bits per heavy atom. The predicted octanol–water partition coefficient (Wildman–Crippen LogP) is 1.56. The number of aryl methyl sites for hydroxylation is 1. The Morgan fingerprint density at radius 1 is 1.47 bits per heavy atom. The fourth-order valence-electron chi connectivity index (χ4n) is 1.29. The fourth-order valence-corrected chi connectivity index (χ4v) is 1.82. The van der Waals surface area contributed by atoms with Crippen LogP contribution in [0.15, 0.2) is 18.2 Å². The number of carbonyl (C=O) groups excluding carboxylic acids is 1. The lowest BCUT2D eigenvalue weighted by molar-refractivity contribution is 0.101. The van der Waals surface area contributed by atoms with Gasteiger partial charge >= 0.3 is 0 Å². The normalized spacial score (nSPS) is 12.2. The van der Waals surface area contributed by atoms with E-state index in [1.165, 1.54) is 13.4 Å². The van der Waals surface area contributed by atoms with Crippen LogP contribution in [0, 0.1) is 6.92 Å². The number of carbonyl (C=O) groups is 1. The molecule has 1 atom stereocenters. The molecule has 1 rings (SSSR count). The lowest BCUT2D eigenvalue weighted by atomic mass is 10.1. The highest BCUT2D eigenvalue weighted by Gasteiger charge is 2.13. The van der Waals surface area contributed by atoms with Crippen LogP contribution in [0.5, 0.6) is 5.75 Å². The van der Waals surface area contributed by atoms with Gasteiger partial charge in [-0.25, -0.2) is 0 Å². The maximum atomic E-state index is 11.7. The first-order chi connectivity index (χ1) is 7.04. The average molecular weight is 226 g/mol. The number of methoxy groups -OCH3 is 1. The smallest absolute Gasteiger partial charge is 0.179 e. The van der Waals surface area contributed by atoms with Crippen molar-refractivity contribution < 1.29 is 13.7 Å². The molecule has 0 fully saturated rings. The summed E-state index contributed by atoms with van der Waals surface area (Å²) in [5.41, 5.74) is 1.53. The lowest BCUT2D eigenvalue weighted by Gasteiger charge is -2.07. The number of benzene rings is 1. The van der Waals surface area contributed by atoms with Crippen LogP contribution < -0.4 is 4.74 Å². The van der Waals surface area contributed by atoms with E-state index in [1.54, 1.807) is 12.1 Å². The van der Waals surface area contributed by atoms with Crippen LogP contribution >= 0.6 is 0 Å². The molecule has 0 saturated carbocycles. The predicted molar refractivity (Wildman–Crippen MR) is 61.0 cm³/mol. The first-order valence-corrected chi connectivity index (χ1v) is 6.25. The number of ether oxygens (including phenoxy) is 1. The quantitative estimate of drug-likeness (QED) is 0.732. The lowest BCUT2D eigenvalue weighted by Crippen LogP contribution is -2.11. The molecule has 0 aliphatic rings. The van der Waals surface area contributed by atoms with E-state index in [4.69, 9.17) is 4.74 Å². The van der Waals surface area contributed by atoms with Gasteiger partial charge in [-0.2, -0.15) is 0 Å². The van der Waals surface area contributed by atoms with E-state index >= 15 is 0 Å². The number of hydrogen-bond acceptors (Lipinski definition) is 3. The van der Waals surface area contributed by atoms with Gasteiger partial charge in [-0.05, 0) is 24.6 Å². The minimum absolute atomic E-state index is 0.0411. The van der Waals surface area contributed by atoms with Crippen molar-refractivity contribution in [3.63, 3.8) is 0 Å². The Hall–Kier alpha value is -1.16. The number of hydrogen-bond donors (Lipinski definition) is 0. The maximum absolute atomic E-state index is 11.7. The Bertz CT molecular complexity index is 399. The van der Waals surface area contributed by atoms with Crippen molar-refractivity contribution in [1.82, 2.24) is 0 Å². The van der Waals surface area contributed by atoms with Crippen molar-refractivity contribution in [1.29, 1.82) is 0 Å². The highest BCUT2D eigenvalue weighted by atomic mass is 32.2. The van der Waals surface area contributed by atoms with Crippen LogP contribution in [0.25, 0.3) is 0 Å². The molecule has 4 heteroatoms. The summed E-state index contributed by atoms with van der Waals surface area (Å²) in [5, 5.41) is 0. The molecule has 0 amide bonds. The number of rotatable bonds is 4. The molecular formula is C11H14O3S. The summed E-state index contributed by atoms with van der Waals surface area (Å²) in [5.74, 6) is 0.442. The highest BCUT2D eigenvalue weighted by Crippen LogP contribution is 2.20. The van der Waals surface area contributed by atoms with E-state index in [0.717, 1.165) is 5.56 Å². The minimum Gasteiger partial charge on any atom is -0.496 e. The second kappa shape index (κ2) is 5.07. The van der Waals surface area contributed by atoms with Crippen LogP contribution in [-0.2, 0) is 10.8 Å². The Labute approximate surface area is 91.9 Å². The Morgan fingerprint density at radius 2 is 2.13 bits per heavy atom. The van der Waals surface area contributed by atoms with E-state index in [-0.39, 0.29) is 11.5 Å². The zero-order chi connectivity index (χ0) is 11.4. The van der Waals surface area contributed by atoms with Crippen LogP contribution in [0.1, 0.15) is 15.9 Å². The van der Waals surface area contributed by atoms with Gasteiger partial charge in [0.1, 0.15) is 5.75 Å². The van der Waals surface area contributed by atoms with Crippen molar-refractivity contribution in [3.05, 3.63) is 29.3 Å². The zero-order valence-corrected chi connectivity index (χ0v) is 9.89. The zero-order valence-electron chi connectivity index (χ0n) is 9.07. The van der Waals surface area contributed by atoms with Crippen LogP contribution in [0.3, 0.4) is 0 Å². The molecule has 0 radical (unpaired) electrons. The molecule has 0 aliphatic heterocycles. The van der Waals surface area contributed by atoms with Gasteiger partial charge in [0.2, 0.25) is 0 Å². The molecule has 3 nitrogen and oxygen atoms in total. The highest BCUT2D eigenvalue weighted by molar-refractivity contribution is 7.85. The molecule has 0 heterocycles. The average Bonchev–Trinajstić information content (AvgIpc) is 2.16. The van der Waals surface area contributed by atoms with E-state index in [1.807, 2.05) is 13.0 Å². The van der Waals surface area contributed by atoms with Crippen LogP contribution in [-0.4, -0.2) is 29.1 Å². The summed E-state index contributed by atoms with van der Waals surface area (Å²) in [7, 11) is 0.405. The SMILES string of the molecule is COc1cc(C)ccc1C(=O)CS(C)=O. The summed E-state index contributed by atoms with van der Waals surface area (Å²) >= 11 is 0. The van der Waals surface area contributed by atoms with Crippen LogP contribution in [0.2, 0.25) is 0 Å². The van der Waals surface area contributed by atoms with E-state index in [9.17, 15) is 9.00 Å². The third-order valence-corrected chi connectivity index (χ3v) is 2.66. The monoisotopic (exact) mass is 226 g/mol. The third kappa shape index (κ3) is 3.16. The Balaban J connectivity index is 3.02. The van der Waals surface area contributed by atoms with Crippen molar-refractivity contribution in [2.75, 3.05) is 19.1 Å². The Kier molecular flexibility index (Phi) is 4.03. The van der Waals surface area contributed by atoms with Crippen molar-refractivity contribution >= 4 is 16.6 Å². The van der Waals surface area contributed by atoms with Crippen molar-refractivity contribution in [3.8, 4) is 5.75 Å². The van der Waals surface area contributed by atoms with Gasteiger partial charge in [0.05, 0.1) is 18.4 Å². The molecule has 0 aromatic heterocycles. The van der Waals surface area contributed by atoms with Gasteiger partial charge in [-0.3, -0.25) is 9.00 Å². The van der Waals surface area contributed by atoms with Crippen molar-refractivity contribution in [2.24, 2.45) is 0 Å². The summed E-state index contributed by atoms with van der Waals surface area (Å²) in [6.07, 6.45) is 1.51. The second-order valence-electron chi connectivity index (χ2n) is 3.34. The van der Waals surface area contributed by atoms with Gasteiger partial charge in [0.25, 0.3) is 0 Å². The fraction of sp³-hybridized carbons (Fsp3) is 0.364. The summed E-state index contributed by atoms with van der Waals surface area (Å²) in [4.78, 5) is 11.7. The number of Topliss-reactive ketones (excluding diaryl/α,β-unsaturated/α-hetero) is 1. The number of ketones is 1. The van der Waals surface area contributed by atoms with Gasteiger partial charge < -0.3 is 4.74 Å². The topological polar surface area (TPSA) is 43.4 Å². The minimum atomic E-state index is -1.12. The van der Waals surface area contributed by atoms with Crippen LogP contribution in [0.4, 0.5) is 0 Å².